The molecule has 30 heavy (non-hydrogen) atoms. The van der Waals surface area contributed by atoms with Crippen molar-refractivity contribution in [3.05, 3.63) is 106 Å². The monoisotopic (exact) mass is 407 g/mol. The van der Waals surface area contributed by atoms with Crippen molar-refractivity contribution in [2.75, 3.05) is 13.1 Å². The molecule has 0 aliphatic rings. The molecule has 0 aliphatic heterocycles. The highest BCUT2D eigenvalue weighted by molar-refractivity contribution is 5.93. The van der Waals surface area contributed by atoms with E-state index < -0.39 is 11.7 Å². The largest absolute Gasteiger partial charge is 0.354 e. The van der Waals surface area contributed by atoms with Gasteiger partial charge in [-0.1, -0.05) is 42.5 Å². The third-order valence-electron chi connectivity index (χ3n) is 4.45. The average Bonchev–Trinajstić information content (AvgIpc) is 2.73. The highest BCUT2D eigenvalue weighted by Crippen LogP contribution is 2.04. The van der Waals surface area contributed by atoms with Crippen molar-refractivity contribution < 1.29 is 14.0 Å². The zero-order valence-corrected chi connectivity index (χ0v) is 16.3. The van der Waals surface area contributed by atoms with Crippen LogP contribution in [0.25, 0.3) is 0 Å². The molecule has 0 bridgehead atoms. The van der Waals surface area contributed by atoms with E-state index >= 15 is 0 Å². The summed E-state index contributed by atoms with van der Waals surface area (Å²) in [7, 11) is 0. The van der Waals surface area contributed by atoms with Crippen LogP contribution >= 0.6 is 0 Å². The predicted molar refractivity (Wildman–Crippen MR) is 112 cm³/mol. The predicted octanol–water partition coefficient (Wildman–Crippen LogP) is 2.12. The molecule has 1 aromatic heterocycles. The van der Waals surface area contributed by atoms with E-state index in [1.807, 2.05) is 30.3 Å². The number of aromatic nitrogens is 1. The fourth-order valence-electron chi connectivity index (χ4n) is 2.98. The molecule has 7 heteroatoms. The van der Waals surface area contributed by atoms with Crippen LogP contribution in [-0.2, 0) is 17.8 Å². The molecule has 2 amide bonds. The van der Waals surface area contributed by atoms with E-state index in [2.05, 4.69) is 10.6 Å². The highest BCUT2D eigenvalue weighted by atomic mass is 19.1. The Labute approximate surface area is 173 Å². The topological polar surface area (TPSA) is 80.2 Å². The molecule has 6 nitrogen and oxygen atoms in total. The summed E-state index contributed by atoms with van der Waals surface area (Å²) in [5.74, 6) is -1.17. The maximum Gasteiger partial charge on any atom is 0.263 e. The summed E-state index contributed by atoms with van der Waals surface area (Å²) in [6.45, 7) is 0.739. The van der Waals surface area contributed by atoms with Crippen LogP contribution in [0.4, 0.5) is 4.39 Å². The average molecular weight is 407 g/mol. The number of carbonyl (C=O) groups is 2. The fourth-order valence-corrected chi connectivity index (χ4v) is 2.98. The summed E-state index contributed by atoms with van der Waals surface area (Å²) < 4.78 is 14.6. The molecule has 0 fully saturated rings. The van der Waals surface area contributed by atoms with Gasteiger partial charge in [-0.2, -0.15) is 0 Å². The van der Waals surface area contributed by atoms with Crippen LogP contribution in [0.1, 0.15) is 21.5 Å². The molecule has 3 aromatic rings. The van der Waals surface area contributed by atoms with Crippen molar-refractivity contribution in [2.24, 2.45) is 0 Å². The Morgan fingerprint density at radius 2 is 1.60 bits per heavy atom. The van der Waals surface area contributed by atoms with Crippen LogP contribution in [0.5, 0.6) is 0 Å². The van der Waals surface area contributed by atoms with Crippen molar-refractivity contribution in [3.63, 3.8) is 0 Å². The van der Waals surface area contributed by atoms with Gasteiger partial charge in [0.2, 0.25) is 5.91 Å². The summed E-state index contributed by atoms with van der Waals surface area (Å²) in [6, 6.07) is 18.4. The number of nitrogens with one attached hydrogen (secondary N) is 2. The number of halogens is 1. The van der Waals surface area contributed by atoms with E-state index in [1.54, 1.807) is 24.4 Å². The molecule has 0 aliphatic carbocycles. The number of hydrogen-bond donors (Lipinski definition) is 2. The standard InChI is InChI=1S/C23H22FN3O3/c24-19-9-4-8-18(14-19)15-21(28)25-11-12-26-22(29)20-10-5-13-27(23(20)30)16-17-6-2-1-3-7-17/h1-10,13-14H,11-12,15-16H2,(H,25,28)(H,26,29). The van der Waals surface area contributed by atoms with Crippen molar-refractivity contribution in [3.8, 4) is 0 Å². The van der Waals surface area contributed by atoms with Gasteiger partial charge >= 0.3 is 0 Å². The van der Waals surface area contributed by atoms with Gasteiger partial charge in [-0.25, -0.2) is 4.39 Å². The van der Waals surface area contributed by atoms with Crippen LogP contribution < -0.4 is 16.2 Å². The summed E-state index contributed by atoms with van der Waals surface area (Å²) in [4.78, 5) is 36.9. The molecule has 3 rings (SSSR count). The first-order chi connectivity index (χ1) is 14.5. The number of nitrogens with zero attached hydrogens (tertiary/aromatic N) is 1. The fraction of sp³-hybridized carbons (Fsp3) is 0.174. The maximum atomic E-state index is 13.2. The normalized spacial score (nSPS) is 10.4. The molecular formula is C23H22FN3O3. The zero-order valence-electron chi connectivity index (χ0n) is 16.3. The van der Waals surface area contributed by atoms with Crippen molar-refractivity contribution in [1.82, 2.24) is 15.2 Å². The van der Waals surface area contributed by atoms with Crippen LogP contribution in [0.3, 0.4) is 0 Å². The summed E-state index contributed by atoms with van der Waals surface area (Å²) in [6.07, 6.45) is 1.69. The van der Waals surface area contributed by atoms with Crippen molar-refractivity contribution >= 4 is 11.8 Å². The van der Waals surface area contributed by atoms with Gasteiger partial charge in [0.25, 0.3) is 11.5 Å². The minimum Gasteiger partial charge on any atom is -0.354 e. The van der Waals surface area contributed by atoms with Crippen LogP contribution in [0.15, 0.2) is 77.7 Å². The SMILES string of the molecule is O=C(Cc1cccc(F)c1)NCCNC(=O)c1cccn(Cc2ccccc2)c1=O. The van der Waals surface area contributed by atoms with Gasteiger partial charge in [-0.3, -0.25) is 14.4 Å². The van der Waals surface area contributed by atoms with Crippen molar-refractivity contribution in [1.29, 1.82) is 0 Å². The van der Waals surface area contributed by atoms with Crippen LogP contribution in [-0.4, -0.2) is 29.5 Å². The Balaban J connectivity index is 1.49. The minimum atomic E-state index is -0.498. The molecule has 2 aromatic carbocycles. The lowest BCUT2D eigenvalue weighted by atomic mass is 10.1. The third kappa shape index (κ3) is 5.88. The second-order valence-corrected chi connectivity index (χ2v) is 6.75. The molecule has 1 heterocycles. The number of carbonyl (C=O) groups excluding carboxylic acids is 2. The van der Waals surface area contributed by atoms with Gasteiger partial charge in [0.05, 0.1) is 13.0 Å². The molecule has 2 N–H and O–H groups in total. The van der Waals surface area contributed by atoms with E-state index in [4.69, 9.17) is 0 Å². The lowest BCUT2D eigenvalue weighted by Crippen LogP contribution is -2.38. The Morgan fingerprint density at radius 1 is 0.867 bits per heavy atom. The van der Waals surface area contributed by atoms with Gasteiger partial charge < -0.3 is 15.2 Å². The molecular weight excluding hydrogens is 385 g/mol. The Hall–Kier alpha value is -3.74. The highest BCUT2D eigenvalue weighted by Gasteiger charge is 2.12. The quantitative estimate of drug-likeness (QED) is 0.562. The van der Waals surface area contributed by atoms with Crippen LogP contribution in [0.2, 0.25) is 0 Å². The number of hydrogen-bond acceptors (Lipinski definition) is 3. The lowest BCUT2D eigenvalue weighted by molar-refractivity contribution is -0.120. The van der Waals surface area contributed by atoms with Gasteiger partial charge in [0.1, 0.15) is 11.4 Å². The number of pyridine rings is 1. The first-order valence-corrected chi connectivity index (χ1v) is 9.55. The Bertz CT molecular complexity index is 1080. The second-order valence-electron chi connectivity index (χ2n) is 6.75. The smallest absolute Gasteiger partial charge is 0.263 e. The minimum absolute atomic E-state index is 0.0412. The van der Waals surface area contributed by atoms with Gasteiger partial charge in [0, 0.05) is 19.3 Å². The van der Waals surface area contributed by atoms with Gasteiger partial charge in [0.15, 0.2) is 0 Å². The number of amides is 2. The van der Waals surface area contributed by atoms with Crippen molar-refractivity contribution in [2.45, 2.75) is 13.0 Å². The molecule has 0 spiro atoms. The molecule has 0 radical (unpaired) electrons. The summed E-state index contributed by atoms with van der Waals surface area (Å²) >= 11 is 0. The second kappa shape index (κ2) is 10.2. The van der Waals surface area contributed by atoms with E-state index in [1.165, 1.54) is 22.8 Å². The van der Waals surface area contributed by atoms with Gasteiger partial charge in [-0.15, -0.1) is 0 Å². The van der Waals surface area contributed by atoms with E-state index in [-0.39, 0.29) is 36.5 Å². The summed E-state index contributed by atoms with van der Waals surface area (Å²) in [5.41, 5.74) is 1.19. The first-order valence-electron chi connectivity index (χ1n) is 9.55. The molecule has 154 valence electrons. The number of benzene rings is 2. The first kappa shape index (κ1) is 21.0. The number of rotatable bonds is 8. The van der Waals surface area contributed by atoms with E-state index in [9.17, 15) is 18.8 Å². The molecule has 0 saturated heterocycles. The van der Waals surface area contributed by atoms with E-state index in [0.717, 1.165) is 5.56 Å². The summed E-state index contributed by atoms with van der Waals surface area (Å²) in [5, 5.41) is 5.29. The van der Waals surface area contributed by atoms with E-state index in [0.29, 0.717) is 12.1 Å². The maximum absolute atomic E-state index is 13.2. The zero-order chi connectivity index (χ0) is 21.3. The molecule has 0 unspecified atom stereocenters. The third-order valence-corrected chi connectivity index (χ3v) is 4.45. The van der Waals surface area contributed by atoms with Crippen LogP contribution in [0, 0.1) is 5.82 Å². The Kier molecular flexibility index (Phi) is 7.10. The molecule has 0 saturated carbocycles. The molecule has 0 atom stereocenters. The van der Waals surface area contributed by atoms with Gasteiger partial charge in [-0.05, 0) is 35.4 Å². The Morgan fingerprint density at radius 3 is 2.37 bits per heavy atom. The lowest BCUT2D eigenvalue weighted by Gasteiger charge is -2.10.